The van der Waals surface area contributed by atoms with Crippen molar-refractivity contribution in [3.05, 3.63) is 11.9 Å². The lowest BCUT2D eigenvalue weighted by atomic mass is 10.4. The molecule has 1 rings (SSSR count). The van der Waals surface area contributed by atoms with Crippen LogP contribution in [0.2, 0.25) is 0 Å². The summed E-state index contributed by atoms with van der Waals surface area (Å²) in [4.78, 5) is 10.9. The van der Waals surface area contributed by atoms with Gasteiger partial charge in [0.25, 0.3) is 0 Å². The fourth-order valence-electron chi connectivity index (χ4n) is 1.62. The molecule has 0 aromatic carbocycles. The Hall–Kier alpha value is -1.44. The molecule has 3 N–H and O–H groups in total. The highest BCUT2D eigenvalue weighted by Crippen LogP contribution is 2.15. The zero-order valence-electron chi connectivity index (χ0n) is 11.8. The summed E-state index contributed by atoms with van der Waals surface area (Å²) in [5, 5.41) is 0. The third-order valence-corrected chi connectivity index (χ3v) is 2.68. The van der Waals surface area contributed by atoms with Gasteiger partial charge in [-0.05, 0) is 0 Å². The zero-order valence-corrected chi connectivity index (χ0v) is 11.8. The number of nitrogens with two attached hydrogens (primary N) is 1. The van der Waals surface area contributed by atoms with Crippen molar-refractivity contribution in [3.8, 4) is 0 Å². The number of nitrogens with zero attached hydrogens (tertiary/aromatic N) is 3. The van der Waals surface area contributed by atoms with Gasteiger partial charge >= 0.3 is 0 Å². The van der Waals surface area contributed by atoms with Gasteiger partial charge in [0.15, 0.2) is 0 Å². The molecule has 0 saturated heterocycles. The third-order valence-electron chi connectivity index (χ3n) is 2.68. The van der Waals surface area contributed by atoms with E-state index in [0.29, 0.717) is 19.0 Å². The molecule has 0 aliphatic rings. The standard InChI is InChI=1S/C12H23N5O2/c1-4-10-14-11(16-13)9-12(15-10)17(5-7-18-2)6-8-19-3/h9H,4-8,13H2,1-3H3,(H,14,15,16). The molecule has 0 unspecified atom stereocenters. The minimum Gasteiger partial charge on any atom is -0.383 e. The number of ether oxygens (including phenoxy) is 2. The third kappa shape index (κ3) is 4.98. The largest absolute Gasteiger partial charge is 0.383 e. The number of hydrazine groups is 1. The van der Waals surface area contributed by atoms with Gasteiger partial charge in [0.05, 0.1) is 13.2 Å². The maximum absolute atomic E-state index is 5.43. The number of hydrogen-bond donors (Lipinski definition) is 2. The summed E-state index contributed by atoms with van der Waals surface area (Å²) in [6.45, 7) is 4.74. The molecule has 0 saturated carbocycles. The van der Waals surface area contributed by atoms with E-state index in [0.717, 1.165) is 31.2 Å². The summed E-state index contributed by atoms with van der Waals surface area (Å²) in [6.07, 6.45) is 0.755. The summed E-state index contributed by atoms with van der Waals surface area (Å²) in [7, 11) is 3.36. The molecule has 0 amide bonds. The maximum Gasteiger partial charge on any atom is 0.145 e. The second kappa shape index (κ2) is 8.63. The van der Waals surface area contributed by atoms with Crippen molar-refractivity contribution in [1.29, 1.82) is 0 Å². The van der Waals surface area contributed by atoms with E-state index in [2.05, 4.69) is 20.3 Å². The van der Waals surface area contributed by atoms with Gasteiger partial charge in [0, 0.05) is 39.8 Å². The van der Waals surface area contributed by atoms with E-state index < -0.39 is 0 Å². The van der Waals surface area contributed by atoms with E-state index in [1.165, 1.54) is 0 Å². The van der Waals surface area contributed by atoms with E-state index in [1.807, 2.05) is 13.0 Å². The Balaban J connectivity index is 2.91. The lowest BCUT2D eigenvalue weighted by Gasteiger charge is -2.23. The number of methoxy groups -OCH3 is 2. The first-order valence-electron chi connectivity index (χ1n) is 6.32. The molecule has 7 nitrogen and oxygen atoms in total. The van der Waals surface area contributed by atoms with Gasteiger partial charge in [-0.3, -0.25) is 0 Å². The van der Waals surface area contributed by atoms with Crippen LogP contribution in [0.25, 0.3) is 0 Å². The Labute approximate surface area is 114 Å². The van der Waals surface area contributed by atoms with Crippen LogP contribution in [0.5, 0.6) is 0 Å². The van der Waals surface area contributed by atoms with Crippen LogP contribution < -0.4 is 16.2 Å². The van der Waals surface area contributed by atoms with Crippen LogP contribution in [0, 0.1) is 0 Å². The quantitative estimate of drug-likeness (QED) is 0.496. The second-order valence-corrected chi connectivity index (χ2v) is 4.00. The number of aromatic nitrogens is 2. The number of nitrogens with one attached hydrogen (secondary N) is 1. The van der Waals surface area contributed by atoms with Crippen LogP contribution in [0.1, 0.15) is 12.7 Å². The highest BCUT2D eigenvalue weighted by atomic mass is 16.5. The van der Waals surface area contributed by atoms with E-state index >= 15 is 0 Å². The Morgan fingerprint density at radius 3 is 2.32 bits per heavy atom. The fraction of sp³-hybridized carbons (Fsp3) is 0.667. The van der Waals surface area contributed by atoms with Crippen LogP contribution in [0.15, 0.2) is 6.07 Å². The van der Waals surface area contributed by atoms with E-state index in [4.69, 9.17) is 15.3 Å². The molecule has 0 radical (unpaired) electrons. The van der Waals surface area contributed by atoms with Crippen molar-refractivity contribution in [3.63, 3.8) is 0 Å². The predicted molar refractivity (Wildman–Crippen MR) is 75.2 cm³/mol. The van der Waals surface area contributed by atoms with E-state index in [-0.39, 0.29) is 0 Å². The summed E-state index contributed by atoms with van der Waals surface area (Å²) in [5.74, 6) is 7.63. The van der Waals surface area contributed by atoms with Crippen molar-refractivity contribution >= 4 is 11.6 Å². The van der Waals surface area contributed by atoms with Gasteiger partial charge in [-0.15, -0.1) is 0 Å². The number of rotatable bonds is 9. The highest BCUT2D eigenvalue weighted by molar-refractivity contribution is 5.48. The first-order chi connectivity index (χ1) is 9.24. The molecule has 19 heavy (non-hydrogen) atoms. The molecular weight excluding hydrogens is 246 g/mol. The van der Waals surface area contributed by atoms with Crippen LogP contribution >= 0.6 is 0 Å². The molecule has 0 aliphatic carbocycles. The molecule has 1 aromatic rings. The fourth-order valence-corrected chi connectivity index (χ4v) is 1.62. The van der Waals surface area contributed by atoms with Gasteiger partial charge < -0.3 is 19.8 Å². The summed E-state index contributed by atoms with van der Waals surface area (Å²) in [6, 6.07) is 1.82. The summed E-state index contributed by atoms with van der Waals surface area (Å²) in [5.41, 5.74) is 2.57. The molecule has 7 heteroatoms. The predicted octanol–water partition coefficient (Wildman–Crippen LogP) is 0.424. The average Bonchev–Trinajstić information content (AvgIpc) is 2.46. The van der Waals surface area contributed by atoms with Crippen molar-refractivity contribution in [2.24, 2.45) is 5.84 Å². The van der Waals surface area contributed by atoms with Crippen molar-refractivity contribution in [2.45, 2.75) is 13.3 Å². The minimum absolute atomic E-state index is 0.613. The summed E-state index contributed by atoms with van der Waals surface area (Å²) >= 11 is 0. The molecule has 0 bridgehead atoms. The van der Waals surface area contributed by atoms with Crippen molar-refractivity contribution in [1.82, 2.24) is 9.97 Å². The van der Waals surface area contributed by atoms with Crippen LogP contribution in [0.4, 0.5) is 11.6 Å². The average molecular weight is 269 g/mol. The van der Waals surface area contributed by atoms with Gasteiger partial charge in [-0.1, -0.05) is 6.92 Å². The van der Waals surface area contributed by atoms with Crippen LogP contribution in [-0.4, -0.2) is 50.5 Å². The molecule has 0 spiro atoms. The van der Waals surface area contributed by atoms with Gasteiger partial charge in [-0.2, -0.15) is 0 Å². The Kier molecular flexibility index (Phi) is 7.09. The highest BCUT2D eigenvalue weighted by Gasteiger charge is 2.11. The number of aryl methyl sites for hydroxylation is 1. The maximum atomic E-state index is 5.43. The molecule has 1 heterocycles. The first kappa shape index (κ1) is 15.6. The minimum atomic E-state index is 0.613. The van der Waals surface area contributed by atoms with Crippen molar-refractivity contribution < 1.29 is 9.47 Å². The number of anilines is 2. The molecule has 0 fully saturated rings. The first-order valence-corrected chi connectivity index (χ1v) is 6.32. The second-order valence-electron chi connectivity index (χ2n) is 4.00. The van der Waals surface area contributed by atoms with Gasteiger partial charge in [0.1, 0.15) is 17.5 Å². The van der Waals surface area contributed by atoms with E-state index in [1.54, 1.807) is 14.2 Å². The SMILES string of the molecule is CCc1nc(NN)cc(N(CCOC)CCOC)n1. The molecular formula is C12H23N5O2. The van der Waals surface area contributed by atoms with E-state index in [9.17, 15) is 0 Å². The Morgan fingerprint density at radius 1 is 1.21 bits per heavy atom. The molecule has 1 aromatic heterocycles. The van der Waals surface area contributed by atoms with Crippen LogP contribution in [0.3, 0.4) is 0 Å². The molecule has 108 valence electrons. The smallest absolute Gasteiger partial charge is 0.145 e. The van der Waals surface area contributed by atoms with Gasteiger partial charge in [-0.25, -0.2) is 15.8 Å². The summed E-state index contributed by atoms with van der Waals surface area (Å²) < 4.78 is 10.2. The van der Waals surface area contributed by atoms with Gasteiger partial charge in [0.2, 0.25) is 0 Å². The molecule has 0 atom stereocenters. The lowest BCUT2D eigenvalue weighted by molar-refractivity contribution is 0.190. The topological polar surface area (TPSA) is 85.5 Å². The number of hydrogen-bond acceptors (Lipinski definition) is 7. The molecule has 0 aliphatic heterocycles. The number of nitrogen functional groups attached to an aromatic ring is 1. The van der Waals surface area contributed by atoms with Crippen molar-refractivity contribution in [2.75, 3.05) is 50.8 Å². The normalized spacial score (nSPS) is 10.5. The van der Waals surface area contributed by atoms with Crippen LogP contribution in [-0.2, 0) is 15.9 Å². The Morgan fingerprint density at radius 2 is 1.84 bits per heavy atom. The lowest BCUT2D eigenvalue weighted by Crippen LogP contribution is -2.32. The Bertz CT molecular complexity index is 345. The zero-order chi connectivity index (χ0) is 14.1. The monoisotopic (exact) mass is 269 g/mol.